The molecule has 0 aliphatic rings. The van der Waals surface area contributed by atoms with Gasteiger partial charge in [0.25, 0.3) is 5.56 Å². The Labute approximate surface area is 185 Å². The van der Waals surface area contributed by atoms with Crippen molar-refractivity contribution in [3.05, 3.63) is 86.3 Å². The molecule has 0 saturated carbocycles. The van der Waals surface area contributed by atoms with E-state index in [1.54, 1.807) is 17.7 Å². The van der Waals surface area contributed by atoms with Crippen molar-refractivity contribution in [2.75, 3.05) is 13.7 Å². The Morgan fingerprint density at radius 1 is 1.16 bits per heavy atom. The van der Waals surface area contributed by atoms with Gasteiger partial charge in [-0.05, 0) is 48.2 Å². The number of ether oxygens (including phenoxy) is 1. The van der Waals surface area contributed by atoms with Crippen LogP contribution in [0.25, 0.3) is 21.3 Å². The molecule has 156 valence electrons. The minimum atomic E-state index is -0.0621. The van der Waals surface area contributed by atoms with E-state index in [2.05, 4.69) is 38.1 Å². The van der Waals surface area contributed by atoms with Gasteiger partial charge in [-0.1, -0.05) is 30.3 Å². The molecule has 0 N–H and O–H groups in total. The molecule has 0 unspecified atom stereocenters. The van der Waals surface area contributed by atoms with Gasteiger partial charge in [0.15, 0.2) is 0 Å². The number of hydrogen-bond acceptors (Lipinski definition) is 5. The van der Waals surface area contributed by atoms with Crippen LogP contribution in [0.4, 0.5) is 0 Å². The summed E-state index contributed by atoms with van der Waals surface area (Å²) in [4.78, 5) is 19.3. The molecular weight excluding hydrogens is 406 g/mol. The first-order valence-electron chi connectivity index (χ1n) is 10.1. The summed E-state index contributed by atoms with van der Waals surface area (Å²) in [5.74, 6) is 0.690. The van der Waals surface area contributed by atoms with E-state index in [1.807, 2.05) is 23.6 Å². The molecule has 6 heteroatoms. The molecule has 2 aromatic heterocycles. The number of aryl methyl sites for hydroxylation is 2. The third-order valence-electron chi connectivity index (χ3n) is 5.52. The van der Waals surface area contributed by atoms with Crippen LogP contribution in [-0.2, 0) is 17.7 Å². The lowest BCUT2D eigenvalue weighted by molar-refractivity contribution is 0.199. The van der Waals surface area contributed by atoms with Crippen molar-refractivity contribution in [1.29, 1.82) is 5.26 Å². The number of thiophene rings is 1. The molecule has 0 atom stereocenters. The van der Waals surface area contributed by atoms with Crippen LogP contribution in [0, 0.1) is 25.2 Å². The van der Waals surface area contributed by atoms with Crippen LogP contribution >= 0.6 is 11.3 Å². The number of methoxy groups -OCH3 is 1. The van der Waals surface area contributed by atoms with E-state index in [9.17, 15) is 10.1 Å². The Kier molecular flexibility index (Phi) is 5.99. The number of fused-ring (bicyclic) bond motifs is 1. The van der Waals surface area contributed by atoms with Gasteiger partial charge in [0.1, 0.15) is 10.7 Å². The van der Waals surface area contributed by atoms with E-state index in [1.165, 1.54) is 22.5 Å². The van der Waals surface area contributed by atoms with E-state index >= 15 is 0 Å². The molecular formula is C25H23N3O2S. The fourth-order valence-corrected chi connectivity index (χ4v) is 4.61. The lowest BCUT2D eigenvalue weighted by Gasteiger charge is -2.13. The van der Waals surface area contributed by atoms with Crippen LogP contribution in [0.15, 0.2) is 52.6 Å². The van der Waals surface area contributed by atoms with Gasteiger partial charge in [0.2, 0.25) is 0 Å². The molecule has 0 saturated heterocycles. The van der Waals surface area contributed by atoms with Crippen molar-refractivity contribution < 1.29 is 4.74 Å². The number of hydrogen-bond donors (Lipinski definition) is 0. The number of aromatic nitrogens is 2. The van der Waals surface area contributed by atoms with Crippen LogP contribution in [0.5, 0.6) is 0 Å². The SMILES string of the molecule is COCCc1nc2scc(-c3ccc(C)c(C)c3)c2c(=O)n1Cc1cccc(C#N)c1. The normalized spacial score (nSPS) is 11.0. The maximum absolute atomic E-state index is 13.7. The summed E-state index contributed by atoms with van der Waals surface area (Å²) < 4.78 is 6.96. The maximum Gasteiger partial charge on any atom is 0.263 e. The van der Waals surface area contributed by atoms with Gasteiger partial charge in [-0.25, -0.2) is 4.98 Å². The van der Waals surface area contributed by atoms with Gasteiger partial charge in [-0.2, -0.15) is 5.26 Å². The van der Waals surface area contributed by atoms with Crippen molar-refractivity contribution in [1.82, 2.24) is 9.55 Å². The maximum atomic E-state index is 13.7. The van der Waals surface area contributed by atoms with Crippen LogP contribution in [-0.4, -0.2) is 23.3 Å². The standard InChI is InChI=1S/C25H23N3O2S/c1-16-7-8-20(11-17(16)2)21-15-31-24-23(21)25(29)28(22(27-24)9-10-30-3)14-19-6-4-5-18(12-19)13-26/h4-8,11-12,15H,9-10,14H2,1-3H3. The van der Waals surface area contributed by atoms with Gasteiger partial charge in [0, 0.05) is 24.5 Å². The largest absolute Gasteiger partial charge is 0.384 e. The van der Waals surface area contributed by atoms with Crippen LogP contribution in [0.2, 0.25) is 0 Å². The van der Waals surface area contributed by atoms with E-state index in [4.69, 9.17) is 9.72 Å². The number of rotatable bonds is 6. The molecule has 31 heavy (non-hydrogen) atoms. The molecule has 5 nitrogen and oxygen atoms in total. The summed E-state index contributed by atoms with van der Waals surface area (Å²) in [6, 6.07) is 15.8. The second-order valence-electron chi connectivity index (χ2n) is 7.60. The smallest absolute Gasteiger partial charge is 0.263 e. The summed E-state index contributed by atoms with van der Waals surface area (Å²) >= 11 is 1.49. The monoisotopic (exact) mass is 429 g/mol. The third-order valence-corrected chi connectivity index (χ3v) is 6.39. The summed E-state index contributed by atoms with van der Waals surface area (Å²) in [6.45, 7) is 5.00. The zero-order chi connectivity index (χ0) is 22.0. The van der Waals surface area contributed by atoms with Crippen molar-refractivity contribution in [2.45, 2.75) is 26.8 Å². The molecule has 4 rings (SSSR count). The second kappa shape index (κ2) is 8.84. The first-order valence-corrected chi connectivity index (χ1v) is 11.0. The van der Waals surface area contributed by atoms with Crippen molar-refractivity contribution >= 4 is 21.6 Å². The highest BCUT2D eigenvalue weighted by Crippen LogP contribution is 2.32. The zero-order valence-corrected chi connectivity index (χ0v) is 18.6. The molecule has 0 amide bonds. The lowest BCUT2D eigenvalue weighted by atomic mass is 10.0. The Hall–Kier alpha value is -3.27. The van der Waals surface area contributed by atoms with Crippen LogP contribution in [0.1, 0.15) is 28.1 Å². The molecule has 0 aliphatic carbocycles. The number of nitrogens with zero attached hydrogens (tertiary/aromatic N) is 3. The van der Waals surface area contributed by atoms with Gasteiger partial charge >= 0.3 is 0 Å². The quantitative estimate of drug-likeness (QED) is 0.439. The average Bonchev–Trinajstić information content (AvgIpc) is 3.20. The highest BCUT2D eigenvalue weighted by molar-refractivity contribution is 7.17. The van der Waals surface area contributed by atoms with Gasteiger partial charge in [-0.15, -0.1) is 11.3 Å². The Morgan fingerprint density at radius 2 is 2.00 bits per heavy atom. The van der Waals surface area contributed by atoms with Gasteiger partial charge in [0.05, 0.1) is 30.2 Å². The lowest BCUT2D eigenvalue weighted by Crippen LogP contribution is -2.26. The van der Waals surface area contributed by atoms with Crippen LogP contribution in [0.3, 0.4) is 0 Å². The van der Waals surface area contributed by atoms with Crippen molar-refractivity contribution in [2.24, 2.45) is 0 Å². The summed E-state index contributed by atoms with van der Waals surface area (Å²) in [5, 5.41) is 11.9. The first-order chi connectivity index (χ1) is 15.0. The fourth-order valence-electron chi connectivity index (χ4n) is 3.66. The number of benzene rings is 2. The third kappa shape index (κ3) is 4.15. The summed E-state index contributed by atoms with van der Waals surface area (Å²) in [5.41, 5.74) is 5.75. The molecule has 2 heterocycles. The second-order valence-corrected chi connectivity index (χ2v) is 8.46. The Balaban J connectivity index is 1.89. The van der Waals surface area contributed by atoms with Gasteiger partial charge < -0.3 is 4.74 Å². The van der Waals surface area contributed by atoms with E-state index in [-0.39, 0.29) is 5.56 Å². The van der Waals surface area contributed by atoms with E-state index < -0.39 is 0 Å². The topological polar surface area (TPSA) is 67.9 Å². The summed E-state index contributed by atoms with van der Waals surface area (Å²) in [7, 11) is 1.64. The van der Waals surface area contributed by atoms with Crippen molar-refractivity contribution in [3.8, 4) is 17.2 Å². The highest BCUT2D eigenvalue weighted by atomic mass is 32.1. The Bertz CT molecular complexity index is 1360. The minimum Gasteiger partial charge on any atom is -0.384 e. The average molecular weight is 430 g/mol. The molecule has 4 aromatic rings. The van der Waals surface area contributed by atoms with E-state index in [0.29, 0.717) is 36.3 Å². The highest BCUT2D eigenvalue weighted by Gasteiger charge is 2.18. The number of nitriles is 1. The van der Waals surface area contributed by atoms with Gasteiger partial charge in [-0.3, -0.25) is 9.36 Å². The Morgan fingerprint density at radius 3 is 2.74 bits per heavy atom. The molecule has 0 radical (unpaired) electrons. The molecule has 0 spiro atoms. The molecule has 0 fully saturated rings. The van der Waals surface area contributed by atoms with E-state index in [0.717, 1.165) is 21.5 Å². The predicted molar refractivity (Wildman–Crippen MR) is 125 cm³/mol. The molecule has 2 aromatic carbocycles. The predicted octanol–water partition coefficient (Wildman–Crippen LogP) is 4.85. The molecule has 0 aliphatic heterocycles. The minimum absolute atomic E-state index is 0.0621. The summed E-state index contributed by atoms with van der Waals surface area (Å²) in [6.07, 6.45) is 0.538. The fraction of sp³-hybridized carbons (Fsp3) is 0.240. The molecule has 0 bridgehead atoms. The zero-order valence-electron chi connectivity index (χ0n) is 17.8. The first kappa shape index (κ1) is 21.0. The van der Waals surface area contributed by atoms with Crippen molar-refractivity contribution in [3.63, 3.8) is 0 Å². The van der Waals surface area contributed by atoms with Crippen LogP contribution < -0.4 is 5.56 Å².